The van der Waals surface area contributed by atoms with Crippen molar-refractivity contribution in [3.05, 3.63) is 66.1 Å². The van der Waals surface area contributed by atoms with Gasteiger partial charge in [0.05, 0.1) is 22.5 Å². The van der Waals surface area contributed by atoms with Crippen LogP contribution in [-0.4, -0.2) is 25.0 Å². The third kappa shape index (κ3) is 4.60. The summed E-state index contributed by atoms with van der Waals surface area (Å²) in [6, 6.07) is 9.64. The largest absolute Gasteiger partial charge is 0.416 e. The standard InChI is InChI=1S/C19H19F3N4O2S/c1-23-29(27,28)14-7-8-17(15(9-14)18-11-26(2)12-25-18)24-10-13-5-3-4-6-16(13)19(20,21)22/h3-9,11-12,23-24H,10H2,1-2H3. The first-order chi connectivity index (χ1) is 13.6. The van der Waals surface area contributed by atoms with Gasteiger partial charge in [-0.2, -0.15) is 13.2 Å². The molecule has 2 aromatic carbocycles. The van der Waals surface area contributed by atoms with Crippen LogP contribution in [0, 0.1) is 0 Å². The highest BCUT2D eigenvalue weighted by Gasteiger charge is 2.32. The maximum absolute atomic E-state index is 13.2. The van der Waals surface area contributed by atoms with Gasteiger partial charge in [-0.1, -0.05) is 18.2 Å². The molecule has 1 heterocycles. The molecule has 0 saturated heterocycles. The molecule has 0 radical (unpaired) electrons. The van der Waals surface area contributed by atoms with Crippen LogP contribution >= 0.6 is 0 Å². The Bertz CT molecular complexity index is 1120. The minimum atomic E-state index is -4.47. The molecule has 3 rings (SSSR count). The van der Waals surface area contributed by atoms with Crippen molar-refractivity contribution in [2.45, 2.75) is 17.6 Å². The van der Waals surface area contributed by atoms with E-state index in [1.54, 1.807) is 24.1 Å². The van der Waals surface area contributed by atoms with Crippen LogP contribution < -0.4 is 10.0 Å². The molecule has 0 unspecified atom stereocenters. The van der Waals surface area contributed by atoms with Crippen molar-refractivity contribution in [1.82, 2.24) is 14.3 Å². The summed E-state index contributed by atoms with van der Waals surface area (Å²) in [7, 11) is -0.630. The fourth-order valence-corrected chi connectivity index (χ4v) is 3.62. The molecule has 2 N–H and O–H groups in total. The van der Waals surface area contributed by atoms with Gasteiger partial charge in [0.25, 0.3) is 0 Å². The zero-order chi connectivity index (χ0) is 21.2. The molecule has 0 saturated carbocycles. The Balaban J connectivity index is 2.00. The lowest BCUT2D eigenvalue weighted by Gasteiger charge is -2.16. The number of aromatic nitrogens is 2. The lowest BCUT2D eigenvalue weighted by molar-refractivity contribution is -0.138. The monoisotopic (exact) mass is 424 g/mol. The van der Waals surface area contributed by atoms with Crippen LogP contribution in [-0.2, 0) is 29.8 Å². The van der Waals surface area contributed by atoms with E-state index in [1.807, 2.05) is 0 Å². The second-order valence-corrected chi connectivity index (χ2v) is 8.23. The zero-order valence-electron chi connectivity index (χ0n) is 15.7. The van der Waals surface area contributed by atoms with Crippen molar-refractivity contribution in [2.75, 3.05) is 12.4 Å². The van der Waals surface area contributed by atoms with Crippen LogP contribution in [0.1, 0.15) is 11.1 Å². The molecule has 29 heavy (non-hydrogen) atoms. The molecule has 154 valence electrons. The molecule has 0 amide bonds. The SMILES string of the molecule is CNS(=O)(=O)c1ccc(NCc2ccccc2C(F)(F)F)c(-c2cn(C)cn2)c1. The van der Waals surface area contributed by atoms with Gasteiger partial charge in [0, 0.05) is 31.0 Å². The van der Waals surface area contributed by atoms with Gasteiger partial charge in [0.15, 0.2) is 0 Å². The van der Waals surface area contributed by atoms with E-state index in [0.29, 0.717) is 16.9 Å². The highest BCUT2D eigenvalue weighted by molar-refractivity contribution is 7.89. The first-order valence-corrected chi connectivity index (χ1v) is 10.0. The van der Waals surface area contributed by atoms with E-state index in [-0.39, 0.29) is 17.0 Å². The lowest BCUT2D eigenvalue weighted by Crippen LogP contribution is -2.18. The van der Waals surface area contributed by atoms with Crippen molar-refractivity contribution in [1.29, 1.82) is 0 Å². The number of nitrogens with zero attached hydrogens (tertiary/aromatic N) is 2. The van der Waals surface area contributed by atoms with Crippen LogP contribution in [0.2, 0.25) is 0 Å². The molecule has 0 aliphatic rings. The van der Waals surface area contributed by atoms with Crippen molar-refractivity contribution >= 4 is 15.7 Å². The van der Waals surface area contributed by atoms with Gasteiger partial charge >= 0.3 is 6.18 Å². The normalized spacial score (nSPS) is 12.2. The van der Waals surface area contributed by atoms with E-state index in [1.165, 1.54) is 43.4 Å². The van der Waals surface area contributed by atoms with Gasteiger partial charge < -0.3 is 9.88 Å². The average Bonchev–Trinajstić information content (AvgIpc) is 3.12. The summed E-state index contributed by atoms with van der Waals surface area (Å²) in [4.78, 5) is 4.26. The van der Waals surface area contributed by atoms with Gasteiger partial charge in [-0.25, -0.2) is 18.1 Å². The highest BCUT2D eigenvalue weighted by Crippen LogP contribution is 2.33. The summed E-state index contributed by atoms with van der Waals surface area (Å²) in [5, 5.41) is 2.98. The zero-order valence-corrected chi connectivity index (χ0v) is 16.5. The molecule has 0 bridgehead atoms. The van der Waals surface area contributed by atoms with Crippen molar-refractivity contribution in [2.24, 2.45) is 7.05 Å². The number of anilines is 1. The Morgan fingerprint density at radius 2 is 1.86 bits per heavy atom. The van der Waals surface area contributed by atoms with E-state index >= 15 is 0 Å². The molecule has 0 atom stereocenters. The number of halogens is 3. The van der Waals surface area contributed by atoms with Crippen molar-refractivity contribution in [3.8, 4) is 11.3 Å². The smallest absolute Gasteiger partial charge is 0.380 e. The number of aryl methyl sites for hydroxylation is 1. The molecule has 0 aliphatic carbocycles. The molecule has 3 aromatic rings. The molecule has 0 aliphatic heterocycles. The quantitative estimate of drug-likeness (QED) is 0.634. The predicted molar refractivity (Wildman–Crippen MR) is 104 cm³/mol. The Morgan fingerprint density at radius 1 is 1.14 bits per heavy atom. The van der Waals surface area contributed by atoms with E-state index in [9.17, 15) is 21.6 Å². The second-order valence-electron chi connectivity index (χ2n) is 6.35. The maximum Gasteiger partial charge on any atom is 0.416 e. The predicted octanol–water partition coefficient (Wildman–Crippen LogP) is 3.63. The number of alkyl halides is 3. The summed E-state index contributed by atoms with van der Waals surface area (Å²) in [6.45, 7) is -0.0896. The van der Waals surface area contributed by atoms with Gasteiger partial charge in [-0.3, -0.25) is 0 Å². The highest BCUT2D eigenvalue weighted by atomic mass is 32.2. The maximum atomic E-state index is 13.2. The number of rotatable bonds is 6. The van der Waals surface area contributed by atoms with Crippen LogP contribution in [0.5, 0.6) is 0 Å². The van der Waals surface area contributed by atoms with E-state index in [4.69, 9.17) is 0 Å². The summed E-state index contributed by atoms with van der Waals surface area (Å²) >= 11 is 0. The Labute approximate surface area is 166 Å². The van der Waals surface area contributed by atoms with Crippen LogP contribution in [0.4, 0.5) is 18.9 Å². The fraction of sp³-hybridized carbons (Fsp3) is 0.211. The van der Waals surface area contributed by atoms with Crippen LogP contribution in [0.25, 0.3) is 11.3 Å². The lowest BCUT2D eigenvalue weighted by atomic mass is 10.1. The topological polar surface area (TPSA) is 76.0 Å². The van der Waals surface area contributed by atoms with Crippen molar-refractivity contribution in [3.63, 3.8) is 0 Å². The number of benzene rings is 2. The van der Waals surface area contributed by atoms with E-state index < -0.39 is 21.8 Å². The summed E-state index contributed by atoms with van der Waals surface area (Å²) < 4.78 is 67.9. The van der Waals surface area contributed by atoms with E-state index in [2.05, 4.69) is 15.0 Å². The molecule has 0 fully saturated rings. The first-order valence-electron chi connectivity index (χ1n) is 8.57. The van der Waals surface area contributed by atoms with Gasteiger partial charge in [-0.15, -0.1) is 0 Å². The minimum Gasteiger partial charge on any atom is -0.380 e. The van der Waals surface area contributed by atoms with Gasteiger partial charge in [0.2, 0.25) is 10.0 Å². The Hall–Kier alpha value is -2.85. The number of imidazole rings is 1. The fourth-order valence-electron chi connectivity index (χ4n) is 2.87. The third-order valence-electron chi connectivity index (χ3n) is 4.34. The Morgan fingerprint density at radius 3 is 2.48 bits per heavy atom. The summed E-state index contributed by atoms with van der Waals surface area (Å²) in [5.41, 5.74) is 0.787. The second kappa shape index (κ2) is 7.88. The minimum absolute atomic E-state index is 0.0295. The van der Waals surface area contributed by atoms with E-state index in [0.717, 1.165) is 6.07 Å². The number of hydrogen-bond donors (Lipinski definition) is 2. The first kappa shape index (κ1) is 20.9. The Kier molecular flexibility index (Phi) is 5.67. The molecular weight excluding hydrogens is 405 g/mol. The average molecular weight is 424 g/mol. The molecule has 0 spiro atoms. The third-order valence-corrected chi connectivity index (χ3v) is 5.75. The van der Waals surface area contributed by atoms with Crippen LogP contribution in [0.3, 0.4) is 0 Å². The summed E-state index contributed by atoms with van der Waals surface area (Å²) in [5.74, 6) is 0. The molecular formula is C19H19F3N4O2S. The van der Waals surface area contributed by atoms with Gasteiger partial charge in [-0.05, 0) is 36.9 Å². The van der Waals surface area contributed by atoms with Crippen molar-refractivity contribution < 1.29 is 21.6 Å². The molecule has 6 nitrogen and oxygen atoms in total. The number of sulfonamides is 1. The number of hydrogen-bond acceptors (Lipinski definition) is 4. The van der Waals surface area contributed by atoms with Crippen LogP contribution in [0.15, 0.2) is 59.9 Å². The number of nitrogens with one attached hydrogen (secondary N) is 2. The molecule has 10 heteroatoms. The summed E-state index contributed by atoms with van der Waals surface area (Å²) in [6.07, 6.45) is -1.22. The van der Waals surface area contributed by atoms with Gasteiger partial charge in [0.1, 0.15) is 0 Å². The molecule has 1 aromatic heterocycles.